The van der Waals surface area contributed by atoms with Crippen LogP contribution < -0.4 is 5.32 Å². The Bertz CT molecular complexity index is 496. The molecule has 6 nitrogen and oxygen atoms in total. The molecule has 0 aromatic carbocycles. The first-order valence-electron chi connectivity index (χ1n) is 8.17. The van der Waals surface area contributed by atoms with Gasteiger partial charge >= 0.3 is 6.03 Å². The van der Waals surface area contributed by atoms with Crippen molar-refractivity contribution in [2.75, 3.05) is 25.4 Å². The highest BCUT2D eigenvalue weighted by molar-refractivity contribution is 7.87. The molecule has 1 unspecified atom stereocenters. The predicted molar refractivity (Wildman–Crippen MR) is 84.7 cm³/mol. The van der Waals surface area contributed by atoms with Crippen molar-refractivity contribution in [3.63, 3.8) is 0 Å². The van der Waals surface area contributed by atoms with Gasteiger partial charge < -0.3 is 15.1 Å². The Morgan fingerprint density at radius 1 is 1.36 bits per heavy atom. The molecule has 3 fully saturated rings. The van der Waals surface area contributed by atoms with Gasteiger partial charge in [-0.05, 0) is 32.6 Å². The number of rotatable bonds is 3. The third-order valence-corrected chi connectivity index (χ3v) is 6.84. The van der Waals surface area contributed by atoms with Gasteiger partial charge in [0.25, 0.3) is 0 Å². The molecule has 3 amide bonds. The molecule has 22 heavy (non-hydrogen) atoms. The van der Waals surface area contributed by atoms with Crippen molar-refractivity contribution in [3.8, 4) is 0 Å². The Kier molecular flexibility index (Phi) is 4.18. The Morgan fingerprint density at radius 2 is 2.00 bits per heavy atom. The number of hydrogen-bond acceptors (Lipinski definition) is 3. The standard InChI is InChI=1S/C15H25N3O3S/c1-11(2)16-14(20)17-7-5-15(6-8-17)18(9-12-3-4-12)13(19)10-22(15)21/h11-12H,3-10H2,1-2H3,(H,16,20). The highest BCUT2D eigenvalue weighted by atomic mass is 32.2. The van der Waals surface area contributed by atoms with Gasteiger partial charge in [0.05, 0.1) is 10.8 Å². The van der Waals surface area contributed by atoms with Gasteiger partial charge in [-0.15, -0.1) is 0 Å². The van der Waals surface area contributed by atoms with Crippen molar-refractivity contribution in [2.24, 2.45) is 5.92 Å². The summed E-state index contributed by atoms with van der Waals surface area (Å²) < 4.78 is 12.6. The molecule has 1 saturated carbocycles. The van der Waals surface area contributed by atoms with E-state index in [0.717, 1.165) is 6.54 Å². The molecular weight excluding hydrogens is 302 g/mol. The fourth-order valence-corrected chi connectivity index (χ4v) is 5.11. The summed E-state index contributed by atoms with van der Waals surface area (Å²) in [5.74, 6) is 0.786. The van der Waals surface area contributed by atoms with Crippen molar-refractivity contribution in [1.29, 1.82) is 0 Å². The first-order chi connectivity index (χ1) is 10.4. The van der Waals surface area contributed by atoms with Gasteiger partial charge in [-0.25, -0.2) is 4.79 Å². The topological polar surface area (TPSA) is 69.7 Å². The molecule has 2 aliphatic heterocycles. The summed E-state index contributed by atoms with van der Waals surface area (Å²) >= 11 is 0. The third-order valence-electron chi connectivity index (χ3n) is 4.85. The van der Waals surface area contributed by atoms with Crippen LogP contribution in [0.3, 0.4) is 0 Å². The van der Waals surface area contributed by atoms with E-state index in [1.54, 1.807) is 4.90 Å². The molecule has 1 spiro atoms. The number of nitrogens with zero attached hydrogens (tertiary/aromatic N) is 2. The summed E-state index contributed by atoms with van der Waals surface area (Å²) in [6.07, 6.45) is 3.61. The molecule has 0 aromatic heterocycles. The Labute approximate surface area is 134 Å². The maximum Gasteiger partial charge on any atom is 0.317 e. The maximum atomic E-state index is 12.6. The van der Waals surface area contributed by atoms with E-state index in [9.17, 15) is 13.8 Å². The van der Waals surface area contributed by atoms with Crippen LogP contribution in [0.2, 0.25) is 0 Å². The van der Waals surface area contributed by atoms with Crippen LogP contribution in [0.5, 0.6) is 0 Å². The molecule has 0 aromatic rings. The number of urea groups is 1. The molecule has 0 radical (unpaired) electrons. The molecule has 124 valence electrons. The second-order valence-electron chi connectivity index (χ2n) is 6.98. The molecular formula is C15H25N3O3S. The fourth-order valence-electron chi connectivity index (χ4n) is 3.40. The number of hydrogen-bond donors (Lipinski definition) is 1. The van der Waals surface area contributed by atoms with Gasteiger partial charge in [0, 0.05) is 38.5 Å². The van der Waals surface area contributed by atoms with E-state index in [-0.39, 0.29) is 23.7 Å². The van der Waals surface area contributed by atoms with Gasteiger partial charge in [-0.3, -0.25) is 9.00 Å². The smallest absolute Gasteiger partial charge is 0.317 e. The molecule has 2 saturated heterocycles. The van der Waals surface area contributed by atoms with Gasteiger partial charge in [0.2, 0.25) is 5.91 Å². The molecule has 7 heteroatoms. The minimum absolute atomic E-state index is 0.0327. The van der Waals surface area contributed by atoms with Crippen molar-refractivity contribution in [1.82, 2.24) is 15.1 Å². The average molecular weight is 327 g/mol. The maximum absolute atomic E-state index is 12.6. The van der Waals surface area contributed by atoms with Crippen LogP contribution in [0.25, 0.3) is 0 Å². The van der Waals surface area contributed by atoms with Crippen molar-refractivity contribution in [3.05, 3.63) is 0 Å². The summed E-state index contributed by atoms with van der Waals surface area (Å²) in [5.41, 5.74) is 0. The lowest BCUT2D eigenvalue weighted by atomic mass is 10.0. The van der Waals surface area contributed by atoms with E-state index in [0.29, 0.717) is 31.8 Å². The minimum atomic E-state index is -1.14. The molecule has 1 aliphatic carbocycles. The molecule has 3 aliphatic rings. The lowest BCUT2D eigenvalue weighted by Gasteiger charge is -2.43. The number of piperidine rings is 1. The van der Waals surface area contributed by atoms with Crippen LogP contribution in [0.15, 0.2) is 0 Å². The van der Waals surface area contributed by atoms with Crippen molar-refractivity contribution < 1.29 is 13.8 Å². The number of carbonyl (C=O) groups excluding carboxylic acids is 2. The van der Waals surface area contributed by atoms with Gasteiger partial charge in [-0.2, -0.15) is 0 Å². The second-order valence-corrected chi connectivity index (χ2v) is 8.71. The van der Waals surface area contributed by atoms with Crippen LogP contribution in [0.1, 0.15) is 39.5 Å². The van der Waals surface area contributed by atoms with Crippen LogP contribution in [0, 0.1) is 5.92 Å². The average Bonchev–Trinajstić information content (AvgIpc) is 3.24. The van der Waals surface area contributed by atoms with Crippen LogP contribution in [0.4, 0.5) is 4.79 Å². The summed E-state index contributed by atoms with van der Waals surface area (Å²) in [4.78, 5) is 27.5. The predicted octanol–water partition coefficient (Wildman–Crippen LogP) is 0.897. The second kappa shape index (κ2) is 5.83. The number of nitrogens with one attached hydrogen (secondary N) is 1. The zero-order chi connectivity index (χ0) is 15.9. The Hall–Kier alpha value is -1.11. The fraction of sp³-hybridized carbons (Fsp3) is 0.867. The molecule has 2 heterocycles. The SMILES string of the molecule is CC(C)NC(=O)N1CCC2(CC1)N(CC1CC1)C(=O)CS2=O. The van der Waals surface area contributed by atoms with Gasteiger partial charge in [-0.1, -0.05) is 0 Å². The zero-order valence-corrected chi connectivity index (χ0v) is 14.2. The zero-order valence-electron chi connectivity index (χ0n) is 13.3. The highest BCUT2D eigenvalue weighted by Gasteiger charge is 2.54. The summed E-state index contributed by atoms with van der Waals surface area (Å²) in [6.45, 7) is 5.76. The molecule has 1 atom stereocenters. The monoisotopic (exact) mass is 327 g/mol. The van der Waals surface area contributed by atoms with E-state index >= 15 is 0 Å². The van der Waals surface area contributed by atoms with E-state index < -0.39 is 15.7 Å². The molecule has 1 N–H and O–H groups in total. The van der Waals surface area contributed by atoms with Crippen molar-refractivity contribution >= 4 is 22.7 Å². The van der Waals surface area contributed by atoms with Crippen LogP contribution >= 0.6 is 0 Å². The van der Waals surface area contributed by atoms with Crippen LogP contribution in [-0.4, -0.2) is 62.2 Å². The van der Waals surface area contributed by atoms with E-state index in [1.165, 1.54) is 12.8 Å². The number of amides is 3. The lowest BCUT2D eigenvalue weighted by Crippen LogP contribution is -2.57. The van der Waals surface area contributed by atoms with Gasteiger partial charge in [0.15, 0.2) is 0 Å². The number of likely N-dealkylation sites (tertiary alicyclic amines) is 1. The van der Waals surface area contributed by atoms with Crippen molar-refractivity contribution in [2.45, 2.75) is 50.4 Å². The Morgan fingerprint density at radius 3 is 2.55 bits per heavy atom. The summed E-state index contributed by atoms with van der Waals surface area (Å²) in [6, 6.07) is 0.0469. The minimum Gasteiger partial charge on any atom is -0.336 e. The molecule has 0 bridgehead atoms. The number of carbonyl (C=O) groups is 2. The molecule has 3 rings (SSSR count). The van der Waals surface area contributed by atoms with Gasteiger partial charge in [0.1, 0.15) is 10.6 Å². The quantitative estimate of drug-likeness (QED) is 0.837. The third kappa shape index (κ3) is 2.87. The van der Waals surface area contributed by atoms with E-state index in [1.807, 2.05) is 18.7 Å². The first kappa shape index (κ1) is 15.8. The Balaban J connectivity index is 1.67. The highest BCUT2D eigenvalue weighted by Crippen LogP contribution is 2.41. The van der Waals surface area contributed by atoms with E-state index in [2.05, 4.69) is 5.32 Å². The largest absolute Gasteiger partial charge is 0.336 e. The summed E-state index contributed by atoms with van der Waals surface area (Å²) in [5, 5.41) is 2.90. The lowest BCUT2D eigenvalue weighted by molar-refractivity contribution is -0.131. The normalized spacial score (nSPS) is 27.8. The van der Waals surface area contributed by atoms with E-state index in [4.69, 9.17) is 0 Å². The van der Waals surface area contributed by atoms with Crippen LogP contribution in [-0.2, 0) is 15.6 Å². The first-order valence-corrected chi connectivity index (χ1v) is 9.48. The summed E-state index contributed by atoms with van der Waals surface area (Å²) in [7, 11) is -1.14.